The van der Waals surface area contributed by atoms with Crippen molar-refractivity contribution in [2.45, 2.75) is 12.5 Å². The van der Waals surface area contributed by atoms with Gasteiger partial charge in [0, 0.05) is 16.7 Å². The van der Waals surface area contributed by atoms with Gasteiger partial charge < -0.3 is 15.5 Å². The molecule has 8 nitrogen and oxygen atoms in total. The first kappa shape index (κ1) is 14.3. The Hall–Kier alpha value is -1.74. The number of aliphatic hydroxyl groups is 1. The molecule has 0 aliphatic heterocycles. The summed E-state index contributed by atoms with van der Waals surface area (Å²) < 4.78 is 0.421. The third kappa shape index (κ3) is 3.37. The molecule has 3 N–H and O–H groups in total. The second-order valence-electron chi connectivity index (χ2n) is 3.71. The fraction of sp³-hybridized carbons (Fsp3) is 0.333. The fourth-order valence-corrected chi connectivity index (χ4v) is 1.35. The molecule has 9 heteroatoms. The van der Waals surface area contributed by atoms with Crippen molar-refractivity contribution < 1.29 is 19.9 Å². The molecule has 0 bridgehead atoms. The molecule has 1 unspecified atom stereocenters. The number of carboxylic acid groups (broad SMARTS) is 1. The first-order chi connectivity index (χ1) is 8.24. The zero-order valence-electron chi connectivity index (χ0n) is 9.25. The highest BCUT2D eigenvalue weighted by Gasteiger charge is 2.30. The smallest absolute Gasteiger partial charge is 0.337 e. The summed E-state index contributed by atoms with van der Waals surface area (Å²) >= 11 is 3.04. The van der Waals surface area contributed by atoms with Crippen LogP contribution in [0.5, 0.6) is 0 Å². The standard InChI is InChI=1S/C9H10BrN3O5/c1-9(16,8(14)15)4-12-7-6(13(17)18)2-5(10)3-11-7/h2-3,16H,4H2,1H3,(H,11,12)(H,14,15). The first-order valence-electron chi connectivity index (χ1n) is 4.73. The van der Waals surface area contributed by atoms with Gasteiger partial charge in [-0.05, 0) is 22.9 Å². The third-order valence-electron chi connectivity index (χ3n) is 2.09. The van der Waals surface area contributed by atoms with Crippen LogP contribution in [0.2, 0.25) is 0 Å². The van der Waals surface area contributed by atoms with Gasteiger partial charge in [0.2, 0.25) is 5.82 Å². The van der Waals surface area contributed by atoms with Gasteiger partial charge in [0.1, 0.15) is 0 Å². The van der Waals surface area contributed by atoms with Crippen molar-refractivity contribution in [1.29, 1.82) is 0 Å². The lowest BCUT2D eigenvalue weighted by Gasteiger charge is -2.18. The van der Waals surface area contributed by atoms with Gasteiger partial charge in [0.25, 0.3) is 0 Å². The Labute approximate surface area is 110 Å². The summed E-state index contributed by atoms with van der Waals surface area (Å²) in [7, 11) is 0. The zero-order chi connectivity index (χ0) is 13.9. The predicted molar refractivity (Wildman–Crippen MR) is 65.3 cm³/mol. The summed E-state index contributed by atoms with van der Waals surface area (Å²) in [5.74, 6) is -1.54. The molecule has 0 saturated heterocycles. The molecule has 0 aromatic carbocycles. The Morgan fingerprint density at radius 3 is 2.83 bits per heavy atom. The minimum absolute atomic E-state index is 0.107. The minimum Gasteiger partial charge on any atom is -0.479 e. The average Bonchev–Trinajstić information content (AvgIpc) is 2.27. The molecule has 98 valence electrons. The van der Waals surface area contributed by atoms with Crippen LogP contribution >= 0.6 is 15.9 Å². The van der Waals surface area contributed by atoms with Crippen LogP contribution in [0.1, 0.15) is 6.92 Å². The monoisotopic (exact) mass is 319 g/mol. The van der Waals surface area contributed by atoms with Gasteiger partial charge in [0.15, 0.2) is 5.60 Å². The number of rotatable bonds is 5. The lowest BCUT2D eigenvalue weighted by molar-refractivity contribution is -0.384. The predicted octanol–water partition coefficient (Wildman–Crippen LogP) is 1.000. The molecule has 1 aromatic rings. The molecule has 0 spiro atoms. The lowest BCUT2D eigenvalue weighted by atomic mass is 10.1. The van der Waals surface area contributed by atoms with E-state index < -0.39 is 23.0 Å². The SMILES string of the molecule is CC(O)(CNc1ncc(Br)cc1[N+](=O)[O-])C(=O)O. The number of carbonyl (C=O) groups is 1. The van der Waals surface area contributed by atoms with Gasteiger partial charge in [-0.2, -0.15) is 0 Å². The van der Waals surface area contributed by atoms with Crippen LogP contribution in [0, 0.1) is 10.1 Å². The molecule has 0 fully saturated rings. The molecule has 0 radical (unpaired) electrons. The first-order valence-corrected chi connectivity index (χ1v) is 5.53. The van der Waals surface area contributed by atoms with Crippen LogP contribution in [0.3, 0.4) is 0 Å². The summed E-state index contributed by atoms with van der Waals surface area (Å²) in [4.78, 5) is 24.5. The summed E-state index contributed by atoms with van der Waals surface area (Å²) in [6.07, 6.45) is 1.32. The van der Waals surface area contributed by atoms with Gasteiger partial charge in [-0.15, -0.1) is 0 Å². The Kier molecular flexibility index (Phi) is 4.19. The van der Waals surface area contributed by atoms with Crippen molar-refractivity contribution in [3.05, 3.63) is 26.9 Å². The zero-order valence-corrected chi connectivity index (χ0v) is 10.8. The van der Waals surface area contributed by atoms with Gasteiger partial charge >= 0.3 is 11.7 Å². The number of hydrogen-bond acceptors (Lipinski definition) is 6. The lowest BCUT2D eigenvalue weighted by Crippen LogP contribution is -2.42. The number of nitro groups is 1. The van der Waals surface area contributed by atoms with E-state index in [2.05, 4.69) is 26.2 Å². The van der Waals surface area contributed by atoms with Crippen LogP contribution in [0.15, 0.2) is 16.7 Å². The Balaban J connectivity index is 2.92. The van der Waals surface area contributed by atoms with Gasteiger partial charge in [-0.1, -0.05) is 0 Å². The second kappa shape index (κ2) is 5.27. The van der Waals surface area contributed by atoms with Crippen LogP contribution < -0.4 is 5.32 Å². The molecule has 1 aromatic heterocycles. The molecule has 1 heterocycles. The largest absolute Gasteiger partial charge is 0.479 e. The van der Waals surface area contributed by atoms with E-state index in [4.69, 9.17) is 5.11 Å². The Morgan fingerprint density at radius 1 is 1.72 bits per heavy atom. The molecule has 0 amide bonds. The van der Waals surface area contributed by atoms with Crippen LogP contribution in [-0.2, 0) is 4.79 Å². The van der Waals surface area contributed by atoms with Crippen LogP contribution in [0.4, 0.5) is 11.5 Å². The number of halogens is 1. The number of nitrogens with zero attached hydrogens (tertiary/aromatic N) is 2. The highest BCUT2D eigenvalue weighted by atomic mass is 79.9. The van der Waals surface area contributed by atoms with Crippen molar-refractivity contribution >= 4 is 33.4 Å². The molecule has 0 aliphatic carbocycles. The molecular weight excluding hydrogens is 310 g/mol. The molecule has 18 heavy (non-hydrogen) atoms. The number of aromatic nitrogens is 1. The van der Waals surface area contributed by atoms with E-state index in [0.717, 1.165) is 6.92 Å². The van der Waals surface area contributed by atoms with E-state index in [0.29, 0.717) is 4.47 Å². The Bertz CT molecular complexity index is 491. The minimum atomic E-state index is -2.04. The number of pyridine rings is 1. The van der Waals surface area contributed by atoms with E-state index in [1.165, 1.54) is 12.3 Å². The number of nitrogens with one attached hydrogen (secondary N) is 1. The molecule has 0 saturated carbocycles. The maximum absolute atomic E-state index is 10.8. The van der Waals surface area contributed by atoms with E-state index in [1.54, 1.807) is 0 Å². The number of anilines is 1. The fourth-order valence-electron chi connectivity index (χ4n) is 1.04. The molecule has 0 aliphatic rings. The van der Waals surface area contributed by atoms with Gasteiger partial charge in [0.05, 0.1) is 11.5 Å². The van der Waals surface area contributed by atoms with Crippen molar-refractivity contribution in [3.63, 3.8) is 0 Å². The summed E-state index contributed by atoms with van der Waals surface area (Å²) in [5.41, 5.74) is -2.35. The van der Waals surface area contributed by atoms with E-state index in [9.17, 15) is 20.0 Å². The van der Waals surface area contributed by atoms with E-state index in [-0.39, 0.29) is 11.5 Å². The van der Waals surface area contributed by atoms with Crippen LogP contribution in [0.25, 0.3) is 0 Å². The normalized spacial score (nSPS) is 13.7. The number of hydrogen-bond donors (Lipinski definition) is 3. The van der Waals surface area contributed by atoms with Crippen LogP contribution in [-0.4, -0.2) is 38.2 Å². The third-order valence-corrected chi connectivity index (χ3v) is 2.53. The topological polar surface area (TPSA) is 126 Å². The van der Waals surface area contributed by atoms with Crippen molar-refractivity contribution in [2.75, 3.05) is 11.9 Å². The van der Waals surface area contributed by atoms with E-state index in [1.807, 2.05) is 0 Å². The van der Waals surface area contributed by atoms with E-state index >= 15 is 0 Å². The summed E-state index contributed by atoms with van der Waals surface area (Å²) in [6.45, 7) is 0.671. The maximum atomic E-state index is 10.8. The highest BCUT2D eigenvalue weighted by Crippen LogP contribution is 2.25. The summed E-state index contributed by atoms with van der Waals surface area (Å²) in [6, 6.07) is 1.23. The highest BCUT2D eigenvalue weighted by molar-refractivity contribution is 9.10. The molecule has 1 atom stereocenters. The quantitative estimate of drug-likeness (QED) is 0.546. The number of aliphatic carboxylic acids is 1. The van der Waals surface area contributed by atoms with Gasteiger partial charge in [-0.25, -0.2) is 9.78 Å². The maximum Gasteiger partial charge on any atom is 0.337 e. The Morgan fingerprint density at radius 2 is 2.33 bits per heavy atom. The number of carboxylic acids is 1. The van der Waals surface area contributed by atoms with Gasteiger partial charge in [-0.3, -0.25) is 10.1 Å². The molecule has 1 rings (SSSR count). The molecular formula is C9H10BrN3O5. The second-order valence-corrected chi connectivity index (χ2v) is 4.63. The van der Waals surface area contributed by atoms with Crippen molar-refractivity contribution in [1.82, 2.24) is 4.98 Å². The average molecular weight is 320 g/mol. The van der Waals surface area contributed by atoms with Crippen molar-refractivity contribution in [2.24, 2.45) is 0 Å². The van der Waals surface area contributed by atoms with Crippen molar-refractivity contribution in [3.8, 4) is 0 Å². The summed E-state index contributed by atoms with van der Waals surface area (Å²) in [5, 5.41) is 31.4.